The first-order chi connectivity index (χ1) is 27.4. The minimum Gasteiger partial charge on any atom is -0.465 e. The van der Waals surface area contributed by atoms with E-state index in [0.29, 0.717) is 36.7 Å². The van der Waals surface area contributed by atoms with E-state index in [9.17, 15) is 57.8 Å². The largest absolute Gasteiger partial charge is 0.465 e. The normalized spacial score (nSPS) is 13.1. The van der Waals surface area contributed by atoms with Crippen LogP contribution in [-0.2, 0) is 71.7 Å². The molecule has 354 valence electrons. The number of carbonyl (C=O) groups excluding carboxylic acids is 11. The maximum absolute atomic E-state index is 12.0. The van der Waals surface area contributed by atoms with E-state index in [-0.39, 0.29) is 44.5 Å². The minimum absolute atomic E-state index is 0.0625. The Kier molecular flexibility index (Phi) is 36.0. The quantitative estimate of drug-likeness (QED) is 0.0635. The molecule has 0 amide bonds. The number of carbonyl (C=O) groups is 11. The summed E-state index contributed by atoms with van der Waals surface area (Å²) < 4.78 is 18.3. The summed E-state index contributed by atoms with van der Waals surface area (Å²) in [6.45, 7) is 29.8. The number of esters is 4. The molecule has 0 aliphatic rings. The van der Waals surface area contributed by atoms with E-state index < -0.39 is 74.7 Å². The monoisotopic (exact) mass is 992 g/mol. The molecule has 0 radical (unpaired) electrons. The molecule has 0 heterocycles. The lowest BCUT2D eigenvalue weighted by Crippen LogP contribution is -2.41. The third-order valence-electron chi connectivity index (χ3n) is 6.96. The molecule has 0 fully saturated rings. The fourth-order valence-electron chi connectivity index (χ4n) is 2.34. The maximum Gasteiger partial charge on any atom is 0.322 e. The molecule has 0 aliphatic carbocycles. The Labute approximate surface area is 384 Å². The van der Waals surface area contributed by atoms with Crippen LogP contribution in [-0.4, -0.2) is 98.1 Å². The highest BCUT2D eigenvalue weighted by Crippen LogP contribution is 2.31. The van der Waals surface area contributed by atoms with Crippen LogP contribution in [0.5, 0.6) is 0 Å². The third kappa shape index (κ3) is 31.5. The van der Waals surface area contributed by atoms with Gasteiger partial charge < -0.3 is 24.1 Å². The fourth-order valence-corrected chi connectivity index (χ4v) is 4.14. The molecule has 4 atom stereocenters. The van der Waals surface area contributed by atoms with Crippen LogP contribution in [0.4, 0.5) is 0 Å². The average Bonchev–Trinajstić information content (AvgIpc) is 3.13. The molecule has 0 aliphatic heterocycles. The molecule has 0 bridgehead atoms. The first kappa shape index (κ1) is 67.1. The zero-order chi connectivity index (χ0) is 49.9. The second-order valence-electron chi connectivity index (χ2n) is 16.0. The third-order valence-corrected chi connectivity index (χ3v) is 11.1. The van der Waals surface area contributed by atoms with Crippen LogP contribution in [0.25, 0.3) is 0 Å². The number of aliphatic hydroxyl groups excluding tert-OH is 1. The number of ketones is 1. The molecule has 0 aromatic heterocycles. The van der Waals surface area contributed by atoms with Gasteiger partial charge in [0.2, 0.25) is 25.2 Å². The van der Waals surface area contributed by atoms with Gasteiger partial charge in [0.15, 0.2) is 10.5 Å². The van der Waals surface area contributed by atoms with Crippen LogP contribution < -0.4 is 0 Å². The minimum atomic E-state index is -1.69. The highest BCUT2D eigenvalue weighted by Gasteiger charge is 2.44. The van der Waals surface area contributed by atoms with Crippen molar-refractivity contribution < 1.29 is 76.8 Å². The summed E-state index contributed by atoms with van der Waals surface area (Å²) in [4.78, 5) is 122. The van der Waals surface area contributed by atoms with Gasteiger partial charge in [0.05, 0.1) is 33.0 Å². The highest BCUT2D eigenvalue weighted by molar-refractivity contribution is 9.18. The number of rotatable bonds is 13. The first-order valence-corrected chi connectivity index (χ1v) is 22.0. The van der Waals surface area contributed by atoms with Gasteiger partial charge >= 0.3 is 23.9 Å². The van der Waals surface area contributed by atoms with Gasteiger partial charge in [-0.25, -0.2) is 0 Å². The number of hydrogen-bond donors (Lipinski definition) is 2. The summed E-state index contributed by atoms with van der Waals surface area (Å²) in [7, 11) is 0. The van der Waals surface area contributed by atoms with Crippen LogP contribution in [0.3, 0.4) is 0 Å². The highest BCUT2D eigenvalue weighted by atomic mass is 79.9. The van der Waals surface area contributed by atoms with Gasteiger partial charge in [-0.1, -0.05) is 62.3 Å². The summed E-state index contributed by atoms with van der Waals surface area (Å²) in [6.07, 6.45) is 0. The van der Waals surface area contributed by atoms with E-state index in [0.717, 1.165) is 0 Å². The number of ether oxygens (including phenoxy) is 4. The van der Waals surface area contributed by atoms with Crippen LogP contribution in [0.1, 0.15) is 125 Å². The maximum atomic E-state index is 12.0. The standard InChI is InChI=1S/C12H20O5S.C11H18O4S.C7H12O3.C6H9BrO3.C5H10OS/c1-6-17-8(14)12(5,7-13)10(16)18-9(15)11(2,3)4;1-6-15-8(12)7(2)9(13)16-10(14)11(3,4)5;1-4-10-7(9)5(2)6(3)8;1-3-10-6(9)4(2)5(7)8;1-5(2,3)4(6)7/h13H,6-7H2,1-5H3;7H,6H2,1-5H3;5H,4H2,1-3H3;4H,3H2,1-2H3;1-3H3,(H,6,7). The smallest absolute Gasteiger partial charge is 0.322 e. The molecule has 0 spiro atoms. The molecular weight excluding hydrogens is 925 g/mol. The molecule has 16 nitrogen and oxygen atoms in total. The second-order valence-corrected chi connectivity index (χ2v) is 19.1. The molecule has 1 N–H and O–H groups in total. The van der Waals surface area contributed by atoms with E-state index in [1.54, 1.807) is 76.2 Å². The van der Waals surface area contributed by atoms with Crippen molar-refractivity contribution in [2.45, 2.75) is 125 Å². The van der Waals surface area contributed by atoms with Gasteiger partial charge in [-0.15, -0.1) is 12.6 Å². The number of Topliss-reactive ketones (excluding diaryl/α,β-unsaturated/α-hetero) is 1. The van der Waals surface area contributed by atoms with E-state index in [4.69, 9.17) is 9.47 Å². The molecule has 20 heteroatoms. The van der Waals surface area contributed by atoms with Gasteiger partial charge in [0.1, 0.15) is 23.5 Å². The van der Waals surface area contributed by atoms with Crippen LogP contribution >= 0.6 is 52.1 Å². The number of thioether (sulfide) groups is 2. The molecule has 0 aromatic carbocycles. The van der Waals surface area contributed by atoms with Crippen molar-refractivity contribution in [2.24, 2.45) is 39.4 Å². The number of hydrogen-bond acceptors (Lipinski definition) is 18. The van der Waals surface area contributed by atoms with E-state index in [2.05, 4.69) is 38.0 Å². The SMILES string of the molecule is CC(C)(C)C(=O)S.CCOC(=O)C(C)(CO)C(=O)SC(=O)C(C)(C)C.CCOC(=O)C(C)C(=O)Br.CCOC(=O)C(C)C(=O)SC(=O)C(C)(C)C.CCOC(=O)C(C)C(C)=O. The molecule has 0 rings (SSSR count). The van der Waals surface area contributed by atoms with Crippen molar-refractivity contribution in [1.29, 1.82) is 0 Å². The Bertz CT molecular complexity index is 1460. The predicted octanol–water partition coefficient (Wildman–Crippen LogP) is 6.77. The van der Waals surface area contributed by atoms with Gasteiger partial charge in [-0.3, -0.25) is 52.7 Å². The van der Waals surface area contributed by atoms with Gasteiger partial charge in [0, 0.05) is 16.2 Å². The topological polar surface area (TPSA) is 245 Å². The second kappa shape index (κ2) is 32.7. The molecule has 0 aromatic rings. The van der Waals surface area contributed by atoms with Gasteiger partial charge in [0.25, 0.3) is 0 Å². The lowest BCUT2D eigenvalue weighted by atomic mass is 9.94. The predicted molar refractivity (Wildman–Crippen MR) is 241 cm³/mol. The first-order valence-electron chi connectivity index (χ1n) is 19.2. The van der Waals surface area contributed by atoms with Crippen LogP contribution in [0, 0.1) is 39.4 Å². The average molecular weight is 994 g/mol. The number of aliphatic hydroxyl groups is 1. The summed E-state index contributed by atoms with van der Waals surface area (Å²) in [5.41, 5.74) is -3.25. The number of thiol groups is 1. The van der Waals surface area contributed by atoms with Crippen molar-refractivity contribution in [2.75, 3.05) is 33.0 Å². The Morgan fingerprint density at radius 2 is 0.852 bits per heavy atom. The van der Waals surface area contributed by atoms with Crippen molar-refractivity contribution >= 4 is 112 Å². The zero-order valence-corrected chi connectivity index (χ0v) is 43.1. The molecule has 0 saturated heterocycles. The summed E-state index contributed by atoms with van der Waals surface area (Å²) in [5, 5.41) is 7.42. The molecular formula is C41H69BrO16S3. The molecule has 0 saturated carbocycles. The summed E-state index contributed by atoms with van der Waals surface area (Å²) >= 11 is 7.35. The van der Waals surface area contributed by atoms with Crippen LogP contribution in [0.2, 0.25) is 0 Å². The fraction of sp³-hybridized carbons (Fsp3) is 0.732. The number of halogens is 1. The van der Waals surface area contributed by atoms with Gasteiger partial charge in [-0.2, -0.15) is 0 Å². The van der Waals surface area contributed by atoms with Crippen molar-refractivity contribution in [1.82, 2.24) is 0 Å². The van der Waals surface area contributed by atoms with E-state index >= 15 is 0 Å². The molecule has 61 heavy (non-hydrogen) atoms. The zero-order valence-electron chi connectivity index (χ0n) is 39.0. The van der Waals surface area contributed by atoms with Gasteiger partial charge in [-0.05, 0) is 102 Å². The van der Waals surface area contributed by atoms with Crippen molar-refractivity contribution in [3.05, 3.63) is 0 Å². The summed E-state index contributed by atoms with van der Waals surface area (Å²) in [5.74, 6) is -4.66. The lowest BCUT2D eigenvalue weighted by molar-refractivity contribution is -0.159. The van der Waals surface area contributed by atoms with Crippen LogP contribution in [0.15, 0.2) is 0 Å². The van der Waals surface area contributed by atoms with Crippen molar-refractivity contribution in [3.63, 3.8) is 0 Å². The lowest BCUT2D eigenvalue weighted by Gasteiger charge is -2.24. The Balaban J connectivity index is -0.000000223. The van der Waals surface area contributed by atoms with Crippen molar-refractivity contribution in [3.8, 4) is 0 Å². The van der Waals surface area contributed by atoms with E-state index in [1.165, 1.54) is 27.7 Å². The van der Waals surface area contributed by atoms with E-state index in [1.807, 2.05) is 20.8 Å². The Morgan fingerprint density at radius 3 is 1.11 bits per heavy atom. The Morgan fingerprint density at radius 1 is 0.541 bits per heavy atom. The Hall–Kier alpha value is -2.94. The summed E-state index contributed by atoms with van der Waals surface area (Å²) in [6, 6.07) is 0. The molecule has 4 unspecified atom stereocenters.